The van der Waals surface area contributed by atoms with E-state index < -0.39 is 0 Å². The zero-order valence-electron chi connectivity index (χ0n) is 10.4. The molecular weight excluding hydrogens is 218 g/mol. The van der Waals surface area contributed by atoms with Crippen LogP contribution in [0.25, 0.3) is 10.4 Å². The molecule has 0 aliphatic heterocycles. The second kappa shape index (κ2) is 6.66. The van der Waals surface area contributed by atoms with E-state index in [-0.39, 0.29) is 6.04 Å². The fourth-order valence-corrected chi connectivity index (χ4v) is 1.56. The van der Waals surface area contributed by atoms with Crippen LogP contribution in [0.3, 0.4) is 0 Å². The van der Waals surface area contributed by atoms with E-state index in [1.54, 1.807) is 14.2 Å². The van der Waals surface area contributed by atoms with Crippen molar-refractivity contribution in [2.45, 2.75) is 25.8 Å². The van der Waals surface area contributed by atoms with E-state index in [0.29, 0.717) is 0 Å². The summed E-state index contributed by atoms with van der Waals surface area (Å²) in [6, 6.07) is 5.83. The third kappa shape index (κ3) is 3.89. The van der Waals surface area contributed by atoms with Crippen LogP contribution in [-0.2, 0) is 6.42 Å². The molecule has 0 radical (unpaired) electrons. The molecule has 1 aromatic carbocycles. The maximum atomic E-state index is 8.31. The predicted molar refractivity (Wildman–Crippen MR) is 66.5 cm³/mol. The summed E-state index contributed by atoms with van der Waals surface area (Å²) in [5.41, 5.74) is 9.45. The summed E-state index contributed by atoms with van der Waals surface area (Å²) < 4.78 is 10.4. The van der Waals surface area contributed by atoms with Crippen molar-refractivity contribution in [2.75, 3.05) is 14.2 Å². The Hall–Kier alpha value is -1.87. The van der Waals surface area contributed by atoms with Gasteiger partial charge in [0.2, 0.25) is 0 Å². The molecule has 5 heteroatoms. The van der Waals surface area contributed by atoms with Crippen molar-refractivity contribution in [3.05, 3.63) is 34.2 Å². The van der Waals surface area contributed by atoms with Crippen LogP contribution in [0.5, 0.6) is 11.5 Å². The second-order valence-corrected chi connectivity index (χ2v) is 3.78. The number of ether oxygens (including phenoxy) is 2. The Morgan fingerprint density at radius 1 is 1.29 bits per heavy atom. The summed E-state index contributed by atoms with van der Waals surface area (Å²) >= 11 is 0. The Bertz CT molecular complexity index is 414. The first-order valence-electron chi connectivity index (χ1n) is 5.46. The van der Waals surface area contributed by atoms with Crippen molar-refractivity contribution < 1.29 is 9.47 Å². The van der Waals surface area contributed by atoms with Gasteiger partial charge in [0.15, 0.2) is 11.5 Å². The standard InChI is InChI=1S/C12H17N3O2/c1-9(14-15-13)4-5-10-6-7-11(16-2)12(8-10)17-3/h6-9H,4-5H2,1-3H3. The molecule has 0 N–H and O–H groups in total. The van der Waals surface area contributed by atoms with Gasteiger partial charge in [-0.05, 0) is 36.1 Å². The number of aryl methyl sites for hydroxylation is 1. The number of nitrogens with zero attached hydrogens (tertiary/aromatic N) is 3. The summed E-state index contributed by atoms with van der Waals surface area (Å²) in [4.78, 5) is 2.79. The molecule has 0 spiro atoms. The average molecular weight is 235 g/mol. The number of benzene rings is 1. The van der Waals surface area contributed by atoms with Crippen LogP contribution in [0, 0.1) is 0 Å². The minimum Gasteiger partial charge on any atom is -0.493 e. The van der Waals surface area contributed by atoms with E-state index in [9.17, 15) is 0 Å². The smallest absolute Gasteiger partial charge is 0.160 e. The number of azide groups is 1. The lowest BCUT2D eigenvalue weighted by Gasteiger charge is -2.10. The highest BCUT2D eigenvalue weighted by atomic mass is 16.5. The molecule has 92 valence electrons. The fourth-order valence-electron chi connectivity index (χ4n) is 1.56. The normalized spacial score (nSPS) is 11.5. The molecule has 1 aromatic rings. The summed E-state index contributed by atoms with van der Waals surface area (Å²) in [5, 5.41) is 3.64. The van der Waals surface area contributed by atoms with E-state index in [1.165, 1.54) is 0 Å². The molecule has 0 fully saturated rings. The van der Waals surface area contributed by atoms with Crippen LogP contribution in [0.2, 0.25) is 0 Å². The van der Waals surface area contributed by atoms with Crippen LogP contribution < -0.4 is 9.47 Å². The van der Waals surface area contributed by atoms with Crippen molar-refractivity contribution in [1.82, 2.24) is 0 Å². The number of hydrogen-bond acceptors (Lipinski definition) is 3. The monoisotopic (exact) mass is 235 g/mol. The summed E-state index contributed by atoms with van der Waals surface area (Å²) in [6.45, 7) is 1.90. The molecule has 5 nitrogen and oxygen atoms in total. The number of rotatable bonds is 6. The van der Waals surface area contributed by atoms with E-state index in [2.05, 4.69) is 10.0 Å². The minimum absolute atomic E-state index is 0.00750. The zero-order chi connectivity index (χ0) is 12.7. The van der Waals surface area contributed by atoms with Crippen LogP contribution in [-0.4, -0.2) is 20.3 Å². The predicted octanol–water partition coefficient (Wildman–Crippen LogP) is 3.34. The molecule has 0 amide bonds. The van der Waals surface area contributed by atoms with Crippen molar-refractivity contribution in [3.8, 4) is 11.5 Å². The highest BCUT2D eigenvalue weighted by Crippen LogP contribution is 2.28. The Labute approximate surface area is 101 Å². The Morgan fingerprint density at radius 3 is 2.59 bits per heavy atom. The van der Waals surface area contributed by atoms with Crippen LogP contribution in [0.15, 0.2) is 23.3 Å². The Morgan fingerprint density at radius 2 is 2.00 bits per heavy atom. The van der Waals surface area contributed by atoms with Crippen molar-refractivity contribution in [2.24, 2.45) is 5.11 Å². The van der Waals surface area contributed by atoms with Crippen LogP contribution >= 0.6 is 0 Å². The minimum atomic E-state index is 0.00750. The maximum Gasteiger partial charge on any atom is 0.160 e. The third-order valence-electron chi connectivity index (χ3n) is 2.55. The molecule has 0 bridgehead atoms. The van der Waals surface area contributed by atoms with Gasteiger partial charge in [0.05, 0.1) is 14.2 Å². The Kier molecular flexibility index (Phi) is 5.17. The highest BCUT2D eigenvalue weighted by molar-refractivity contribution is 5.42. The zero-order valence-corrected chi connectivity index (χ0v) is 10.4. The van der Waals surface area contributed by atoms with Gasteiger partial charge in [0.25, 0.3) is 0 Å². The largest absolute Gasteiger partial charge is 0.493 e. The van der Waals surface area contributed by atoms with Crippen LogP contribution in [0.1, 0.15) is 18.9 Å². The molecule has 17 heavy (non-hydrogen) atoms. The lowest BCUT2D eigenvalue weighted by atomic mass is 10.1. The van der Waals surface area contributed by atoms with Gasteiger partial charge in [-0.3, -0.25) is 0 Å². The van der Waals surface area contributed by atoms with Gasteiger partial charge in [-0.25, -0.2) is 0 Å². The van der Waals surface area contributed by atoms with Gasteiger partial charge in [-0.2, -0.15) is 0 Å². The number of methoxy groups -OCH3 is 2. The fraction of sp³-hybridized carbons (Fsp3) is 0.500. The molecule has 0 aliphatic rings. The first kappa shape index (κ1) is 13.2. The average Bonchev–Trinajstić information content (AvgIpc) is 2.36. The second-order valence-electron chi connectivity index (χ2n) is 3.78. The van der Waals surface area contributed by atoms with E-state index in [1.807, 2.05) is 25.1 Å². The molecule has 1 atom stereocenters. The molecule has 1 unspecified atom stereocenters. The first-order valence-corrected chi connectivity index (χ1v) is 5.46. The lowest BCUT2D eigenvalue weighted by Crippen LogP contribution is -1.99. The van der Waals surface area contributed by atoms with Gasteiger partial charge in [0.1, 0.15) is 0 Å². The first-order chi connectivity index (χ1) is 8.21. The highest BCUT2D eigenvalue weighted by Gasteiger charge is 2.05. The van der Waals surface area contributed by atoms with Crippen LogP contribution in [0.4, 0.5) is 0 Å². The van der Waals surface area contributed by atoms with Crippen molar-refractivity contribution in [1.29, 1.82) is 0 Å². The summed E-state index contributed by atoms with van der Waals surface area (Å²) in [6.07, 6.45) is 1.67. The lowest BCUT2D eigenvalue weighted by molar-refractivity contribution is 0.354. The molecule has 0 aliphatic carbocycles. The summed E-state index contributed by atoms with van der Waals surface area (Å²) in [7, 11) is 3.23. The van der Waals surface area contributed by atoms with Gasteiger partial charge in [-0.15, -0.1) is 0 Å². The van der Waals surface area contributed by atoms with Gasteiger partial charge in [0, 0.05) is 11.0 Å². The quantitative estimate of drug-likeness (QED) is 0.431. The Balaban J connectivity index is 2.69. The van der Waals surface area contributed by atoms with Gasteiger partial charge in [-0.1, -0.05) is 18.1 Å². The molecule has 0 heterocycles. The van der Waals surface area contributed by atoms with E-state index >= 15 is 0 Å². The molecule has 0 aromatic heterocycles. The number of hydrogen-bond donors (Lipinski definition) is 0. The maximum absolute atomic E-state index is 8.31. The SMILES string of the molecule is COc1ccc(CCC(C)N=[N+]=[N-])cc1OC. The van der Waals surface area contributed by atoms with Crippen molar-refractivity contribution in [3.63, 3.8) is 0 Å². The topological polar surface area (TPSA) is 67.2 Å². The van der Waals surface area contributed by atoms with Gasteiger partial charge < -0.3 is 9.47 Å². The molecule has 0 saturated carbocycles. The van der Waals surface area contributed by atoms with Gasteiger partial charge >= 0.3 is 0 Å². The molecular formula is C12H17N3O2. The molecule has 1 rings (SSSR count). The third-order valence-corrected chi connectivity index (χ3v) is 2.55. The molecule has 0 saturated heterocycles. The van der Waals surface area contributed by atoms with Crippen molar-refractivity contribution >= 4 is 0 Å². The summed E-state index contributed by atoms with van der Waals surface area (Å²) in [5.74, 6) is 1.45. The van der Waals surface area contributed by atoms with E-state index in [4.69, 9.17) is 15.0 Å². The van der Waals surface area contributed by atoms with E-state index in [0.717, 1.165) is 29.9 Å².